The Kier molecular flexibility index (Phi) is 10.3. The van der Waals surface area contributed by atoms with Gasteiger partial charge in [0.05, 0.1) is 44.5 Å². The lowest BCUT2D eigenvalue weighted by atomic mass is 10.0. The fraction of sp³-hybridized carbons (Fsp3) is 1.00. The molecule has 0 aliphatic heterocycles. The van der Waals surface area contributed by atoms with Gasteiger partial charge in [0.1, 0.15) is 0 Å². The summed E-state index contributed by atoms with van der Waals surface area (Å²) in [6.07, 6.45) is 0.335. The standard InChI is InChI=1S/C11H23Cl2NO5S/c1-11(2,14(12)13)3-9-20(16,17)10-8-19-7-6-18-5-4-15/h15H,3-10H2,1-2H3. The van der Waals surface area contributed by atoms with Crippen LogP contribution in [-0.4, -0.2) is 67.5 Å². The van der Waals surface area contributed by atoms with Gasteiger partial charge in [0.25, 0.3) is 0 Å². The summed E-state index contributed by atoms with van der Waals surface area (Å²) in [6, 6.07) is 0. The van der Waals surface area contributed by atoms with E-state index in [2.05, 4.69) is 0 Å². The fourth-order valence-corrected chi connectivity index (χ4v) is 2.72. The van der Waals surface area contributed by atoms with E-state index in [-0.39, 0.29) is 31.3 Å². The van der Waals surface area contributed by atoms with Gasteiger partial charge in [-0.25, -0.2) is 8.42 Å². The maximum Gasteiger partial charge on any atom is 0.152 e. The second-order valence-electron chi connectivity index (χ2n) is 4.90. The molecule has 6 nitrogen and oxygen atoms in total. The van der Waals surface area contributed by atoms with Crippen molar-refractivity contribution >= 4 is 33.4 Å². The van der Waals surface area contributed by atoms with Crippen LogP contribution in [0.2, 0.25) is 0 Å². The Bertz CT molecular complexity index is 349. The number of aliphatic hydroxyl groups is 1. The van der Waals surface area contributed by atoms with E-state index in [4.69, 9.17) is 38.1 Å². The molecule has 0 aromatic carbocycles. The summed E-state index contributed by atoms with van der Waals surface area (Å²) in [7, 11) is -3.20. The summed E-state index contributed by atoms with van der Waals surface area (Å²) in [6.45, 7) is 4.50. The lowest BCUT2D eigenvalue weighted by Gasteiger charge is -2.27. The Balaban J connectivity index is 3.81. The zero-order chi connectivity index (χ0) is 15.6. The van der Waals surface area contributed by atoms with Gasteiger partial charge in [0.2, 0.25) is 0 Å². The van der Waals surface area contributed by atoms with Crippen molar-refractivity contribution in [3.05, 3.63) is 0 Å². The molecule has 0 unspecified atom stereocenters. The molecule has 9 heteroatoms. The van der Waals surface area contributed by atoms with Crippen LogP contribution >= 0.6 is 23.6 Å². The van der Waals surface area contributed by atoms with E-state index in [9.17, 15) is 8.42 Å². The zero-order valence-electron chi connectivity index (χ0n) is 11.8. The molecular formula is C11H23Cl2NO5S. The molecule has 0 aromatic heterocycles. The molecule has 0 rings (SSSR count). The topological polar surface area (TPSA) is 76.1 Å². The number of hydrogen-bond donors (Lipinski definition) is 1. The third-order valence-corrected chi connectivity index (χ3v) is 5.16. The van der Waals surface area contributed by atoms with E-state index < -0.39 is 15.4 Å². The first-order valence-electron chi connectivity index (χ1n) is 6.30. The molecule has 0 radical (unpaired) electrons. The van der Waals surface area contributed by atoms with Gasteiger partial charge in [0.15, 0.2) is 9.84 Å². The van der Waals surface area contributed by atoms with E-state index in [1.54, 1.807) is 13.8 Å². The van der Waals surface area contributed by atoms with Crippen LogP contribution in [0.4, 0.5) is 0 Å². The molecule has 0 amide bonds. The molecule has 0 spiro atoms. The first kappa shape index (κ1) is 20.4. The summed E-state index contributed by atoms with van der Waals surface area (Å²) in [5.41, 5.74) is -0.602. The van der Waals surface area contributed by atoms with Gasteiger partial charge in [-0.05, 0) is 43.8 Å². The highest BCUT2D eigenvalue weighted by Gasteiger charge is 2.26. The monoisotopic (exact) mass is 351 g/mol. The molecule has 0 heterocycles. The summed E-state index contributed by atoms with van der Waals surface area (Å²) >= 11 is 11.3. The van der Waals surface area contributed by atoms with Crippen molar-refractivity contribution in [2.45, 2.75) is 25.8 Å². The molecule has 0 aliphatic carbocycles. The van der Waals surface area contributed by atoms with Crippen molar-refractivity contribution in [2.24, 2.45) is 0 Å². The van der Waals surface area contributed by atoms with Crippen LogP contribution in [-0.2, 0) is 19.3 Å². The minimum atomic E-state index is -3.20. The average molecular weight is 352 g/mol. The van der Waals surface area contributed by atoms with Crippen LogP contribution < -0.4 is 0 Å². The third kappa shape index (κ3) is 10.1. The average Bonchev–Trinajstić information content (AvgIpc) is 2.35. The van der Waals surface area contributed by atoms with Crippen molar-refractivity contribution in [3.63, 3.8) is 0 Å². The van der Waals surface area contributed by atoms with E-state index in [1.807, 2.05) is 0 Å². The molecule has 0 aromatic rings. The van der Waals surface area contributed by atoms with Crippen molar-refractivity contribution in [2.75, 3.05) is 44.5 Å². The van der Waals surface area contributed by atoms with Crippen LogP contribution in [0.25, 0.3) is 0 Å². The molecule has 0 atom stereocenters. The minimum Gasteiger partial charge on any atom is -0.394 e. The van der Waals surface area contributed by atoms with Crippen LogP contribution in [0.3, 0.4) is 0 Å². The molecule has 0 saturated heterocycles. The van der Waals surface area contributed by atoms with Crippen molar-refractivity contribution in [3.8, 4) is 0 Å². The van der Waals surface area contributed by atoms with E-state index >= 15 is 0 Å². The first-order chi connectivity index (χ1) is 9.21. The summed E-state index contributed by atoms with van der Waals surface area (Å²) in [5, 5.41) is 8.47. The van der Waals surface area contributed by atoms with E-state index in [0.717, 1.165) is 3.94 Å². The molecular weight excluding hydrogens is 329 g/mol. The van der Waals surface area contributed by atoms with Crippen LogP contribution in [0.5, 0.6) is 0 Å². The van der Waals surface area contributed by atoms with Crippen LogP contribution in [0.15, 0.2) is 0 Å². The minimum absolute atomic E-state index is 0.000310. The zero-order valence-corrected chi connectivity index (χ0v) is 14.2. The molecule has 0 aliphatic rings. The number of sulfone groups is 1. The van der Waals surface area contributed by atoms with Crippen molar-refractivity contribution < 1.29 is 23.0 Å². The molecule has 0 fully saturated rings. The predicted octanol–water partition coefficient (Wildman–Crippen LogP) is 1.21. The number of aliphatic hydroxyl groups excluding tert-OH is 1. The summed E-state index contributed by atoms with van der Waals surface area (Å²) in [4.78, 5) is 0. The number of ether oxygens (including phenoxy) is 2. The molecule has 0 saturated carbocycles. The normalized spacial score (nSPS) is 13.1. The number of nitrogens with zero attached hydrogens (tertiary/aromatic N) is 1. The van der Waals surface area contributed by atoms with Gasteiger partial charge in [-0.2, -0.15) is 0 Å². The number of rotatable bonds is 12. The van der Waals surface area contributed by atoms with Gasteiger partial charge in [-0.3, -0.25) is 0 Å². The summed E-state index contributed by atoms with van der Waals surface area (Å²) in [5.74, 6) is -0.0477. The Morgan fingerprint density at radius 1 is 1.05 bits per heavy atom. The highest BCUT2D eigenvalue weighted by molar-refractivity contribution is 7.91. The highest BCUT2D eigenvalue weighted by atomic mass is 35.5. The smallest absolute Gasteiger partial charge is 0.152 e. The van der Waals surface area contributed by atoms with E-state index in [0.29, 0.717) is 19.6 Å². The van der Waals surface area contributed by atoms with Crippen LogP contribution in [0, 0.1) is 0 Å². The highest BCUT2D eigenvalue weighted by Crippen LogP contribution is 2.24. The predicted molar refractivity (Wildman–Crippen MR) is 79.6 cm³/mol. The Labute approximate surface area is 131 Å². The summed E-state index contributed by atoms with van der Waals surface area (Å²) < 4.78 is 34.7. The lowest BCUT2D eigenvalue weighted by molar-refractivity contribution is 0.0375. The SMILES string of the molecule is CC(C)(CCS(=O)(=O)CCOCCOCCO)N(Cl)Cl. The lowest BCUT2D eigenvalue weighted by Crippen LogP contribution is -2.34. The third-order valence-electron chi connectivity index (χ3n) is 2.63. The van der Waals surface area contributed by atoms with Crippen molar-refractivity contribution in [1.29, 1.82) is 0 Å². The fourth-order valence-electron chi connectivity index (χ4n) is 1.16. The Morgan fingerprint density at radius 2 is 1.60 bits per heavy atom. The molecule has 20 heavy (non-hydrogen) atoms. The Hall–Kier alpha value is 0.370. The first-order valence-corrected chi connectivity index (χ1v) is 8.79. The second-order valence-corrected chi connectivity index (χ2v) is 8.05. The largest absolute Gasteiger partial charge is 0.394 e. The van der Waals surface area contributed by atoms with Gasteiger partial charge in [-0.1, -0.05) is 0 Å². The maximum atomic E-state index is 11.8. The quantitative estimate of drug-likeness (QED) is 0.420. The number of hydrogen-bond acceptors (Lipinski definition) is 6. The maximum absolute atomic E-state index is 11.8. The van der Waals surface area contributed by atoms with Gasteiger partial charge >= 0.3 is 0 Å². The number of halogens is 2. The van der Waals surface area contributed by atoms with Crippen molar-refractivity contribution in [1.82, 2.24) is 3.94 Å². The molecule has 122 valence electrons. The van der Waals surface area contributed by atoms with Gasteiger partial charge in [0, 0.05) is 5.54 Å². The molecule has 0 bridgehead atoms. The Morgan fingerprint density at radius 3 is 2.10 bits per heavy atom. The molecule has 1 N–H and O–H groups in total. The van der Waals surface area contributed by atoms with Crippen LogP contribution in [0.1, 0.15) is 20.3 Å². The van der Waals surface area contributed by atoms with E-state index in [1.165, 1.54) is 0 Å². The van der Waals surface area contributed by atoms with Gasteiger partial charge < -0.3 is 14.6 Å². The van der Waals surface area contributed by atoms with Gasteiger partial charge in [-0.15, -0.1) is 3.94 Å². The second kappa shape index (κ2) is 10.2.